The molecule has 2 aromatic carbocycles. The molecule has 0 spiro atoms. The SMILES string of the molecule is CCCCCOc1ccc(C2C(=C(O)c3ccc(OC(C)C)c(C)c3)C(=O)C(=O)N2CCCN2CCOCC2)cc1. The van der Waals surface area contributed by atoms with Gasteiger partial charge in [0.25, 0.3) is 11.7 Å². The molecule has 0 bridgehead atoms. The summed E-state index contributed by atoms with van der Waals surface area (Å²) in [5, 5.41) is 11.5. The van der Waals surface area contributed by atoms with Crippen LogP contribution in [0.15, 0.2) is 48.0 Å². The molecule has 2 fully saturated rings. The minimum Gasteiger partial charge on any atom is -0.507 e. The van der Waals surface area contributed by atoms with Gasteiger partial charge in [-0.1, -0.05) is 31.9 Å². The predicted octanol–water partition coefficient (Wildman–Crippen LogP) is 5.50. The highest BCUT2D eigenvalue weighted by molar-refractivity contribution is 6.46. The molecule has 2 saturated heterocycles. The molecule has 2 aliphatic rings. The molecule has 2 heterocycles. The number of carbonyl (C=O) groups excluding carboxylic acids is 2. The molecular weight excluding hydrogens is 520 g/mol. The summed E-state index contributed by atoms with van der Waals surface area (Å²) in [6, 6.07) is 12.1. The number of unbranched alkanes of at least 4 members (excludes halogenated alkanes) is 2. The molecule has 1 atom stereocenters. The zero-order chi connectivity index (χ0) is 29.4. The third-order valence-corrected chi connectivity index (χ3v) is 7.54. The molecule has 2 aliphatic heterocycles. The highest BCUT2D eigenvalue weighted by Crippen LogP contribution is 2.40. The van der Waals surface area contributed by atoms with Crippen LogP contribution in [0.5, 0.6) is 11.5 Å². The molecule has 8 nitrogen and oxygen atoms in total. The summed E-state index contributed by atoms with van der Waals surface area (Å²) in [6.07, 6.45) is 3.94. The van der Waals surface area contributed by atoms with Crippen LogP contribution in [-0.4, -0.2) is 78.7 Å². The second kappa shape index (κ2) is 14.5. The quantitative estimate of drug-likeness (QED) is 0.149. The minimum absolute atomic E-state index is 0.00882. The highest BCUT2D eigenvalue weighted by atomic mass is 16.5. The van der Waals surface area contributed by atoms with Crippen LogP contribution in [0.1, 0.15) is 69.2 Å². The number of morpholine rings is 1. The first-order valence-corrected chi connectivity index (χ1v) is 14.9. The third-order valence-electron chi connectivity index (χ3n) is 7.54. The van der Waals surface area contributed by atoms with Gasteiger partial charge < -0.3 is 24.2 Å². The van der Waals surface area contributed by atoms with Crippen molar-refractivity contribution in [2.45, 2.75) is 65.5 Å². The molecule has 2 aromatic rings. The molecule has 0 aliphatic carbocycles. The van der Waals surface area contributed by atoms with Crippen LogP contribution in [0.25, 0.3) is 5.76 Å². The van der Waals surface area contributed by atoms with Crippen molar-refractivity contribution in [3.63, 3.8) is 0 Å². The van der Waals surface area contributed by atoms with Crippen molar-refractivity contribution in [1.29, 1.82) is 0 Å². The molecule has 0 radical (unpaired) electrons. The number of benzene rings is 2. The molecular formula is C33H44N2O6. The Balaban J connectivity index is 1.63. The van der Waals surface area contributed by atoms with E-state index < -0.39 is 17.7 Å². The number of aliphatic hydroxyl groups excluding tert-OH is 1. The van der Waals surface area contributed by atoms with E-state index in [2.05, 4.69) is 11.8 Å². The summed E-state index contributed by atoms with van der Waals surface area (Å²) in [5.74, 6) is 0.0219. The number of hydrogen-bond acceptors (Lipinski definition) is 7. The van der Waals surface area contributed by atoms with Crippen LogP contribution in [0, 0.1) is 6.92 Å². The number of ether oxygens (including phenoxy) is 3. The summed E-state index contributed by atoms with van der Waals surface area (Å²) in [6.45, 7) is 12.9. The normalized spacial score (nSPS) is 19.2. The molecule has 0 aromatic heterocycles. The third kappa shape index (κ3) is 7.68. The van der Waals surface area contributed by atoms with Crippen LogP contribution in [0.3, 0.4) is 0 Å². The Kier molecular flexibility index (Phi) is 10.8. The lowest BCUT2D eigenvalue weighted by Crippen LogP contribution is -2.38. The molecule has 0 saturated carbocycles. The Morgan fingerprint density at radius 1 is 1.02 bits per heavy atom. The fraction of sp³-hybridized carbons (Fsp3) is 0.515. The lowest BCUT2D eigenvalue weighted by Gasteiger charge is -2.29. The van der Waals surface area contributed by atoms with Crippen molar-refractivity contribution >= 4 is 17.4 Å². The average Bonchev–Trinajstić information content (AvgIpc) is 3.22. The lowest BCUT2D eigenvalue weighted by molar-refractivity contribution is -0.140. The Hall–Kier alpha value is -3.36. The molecule has 41 heavy (non-hydrogen) atoms. The van der Waals surface area contributed by atoms with E-state index in [0.717, 1.165) is 55.8 Å². The fourth-order valence-electron chi connectivity index (χ4n) is 5.37. The van der Waals surface area contributed by atoms with Crippen LogP contribution in [0.2, 0.25) is 0 Å². The van der Waals surface area contributed by atoms with Gasteiger partial charge in [0, 0.05) is 31.7 Å². The van der Waals surface area contributed by atoms with Gasteiger partial charge in [-0.3, -0.25) is 14.5 Å². The van der Waals surface area contributed by atoms with Crippen LogP contribution in [-0.2, 0) is 14.3 Å². The van der Waals surface area contributed by atoms with E-state index in [1.807, 2.05) is 45.0 Å². The molecule has 4 rings (SSSR count). The summed E-state index contributed by atoms with van der Waals surface area (Å²) in [4.78, 5) is 30.8. The monoisotopic (exact) mass is 564 g/mol. The Morgan fingerprint density at radius 3 is 2.41 bits per heavy atom. The van der Waals surface area contributed by atoms with Crippen molar-refractivity contribution < 1.29 is 28.9 Å². The summed E-state index contributed by atoms with van der Waals surface area (Å²) in [7, 11) is 0. The first-order valence-electron chi connectivity index (χ1n) is 14.9. The first kappa shape index (κ1) is 30.6. The molecule has 222 valence electrons. The summed E-state index contributed by atoms with van der Waals surface area (Å²) >= 11 is 0. The van der Waals surface area contributed by atoms with Crippen molar-refractivity contribution in [3.8, 4) is 11.5 Å². The number of Topliss-reactive ketones (excluding diaryl/α,β-unsaturated/α-hetero) is 1. The Labute approximate surface area is 243 Å². The van der Waals surface area contributed by atoms with Gasteiger partial charge in [0.05, 0.1) is 37.5 Å². The fourth-order valence-corrected chi connectivity index (χ4v) is 5.37. The van der Waals surface area contributed by atoms with Crippen LogP contribution < -0.4 is 9.47 Å². The van der Waals surface area contributed by atoms with Crippen molar-refractivity contribution in [1.82, 2.24) is 9.80 Å². The van der Waals surface area contributed by atoms with Gasteiger partial charge in [0.2, 0.25) is 0 Å². The van der Waals surface area contributed by atoms with E-state index in [0.29, 0.717) is 44.1 Å². The number of ketones is 1. The smallest absolute Gasteiger partial charge is 0.295 e. The average molecular weight is 565 g/mol. The molecule has 8 heteroatoms. The maximum absolute atomic E-state index is 13.5. The topological polar surface area (TPSA) is 88.5 Å². The zero-order valence-electron chi connectivity index (χ0n) is 24.9. The first-order chi connectivity index (χ1) is 19.8. The van der Waals surface area contributed by atoms with Crippen molar-refractivity contribution in [2.24, 2.45) is 0 Å². The maximum atomic E-state index is 13.5. The van der Waals surface area contributed by atoms with Gasteiger partial charge in [-0.25, -0.2) is 0 Å². The van der Waals surface area contributed by atoms with Gasteiger partial charge in [-0.05, 0) is 75.1 Å². The van der Waals surface area contributed by atoms with E-state index in [1.54, 1.807) is 23.1 Å². The molecule has 1 unspecified atom stereocenters. The molecule has 1 amide bonds. The van der Waals surface area contributed by atoms with Crippen LogP contribution in [0.4, 0.5) is 0 Å². The van der Waals surface area contributed by atoms with E-state index in [1.165, 1.54) is 0 Å². The number of carbonyl (C=O) groups is 2. The number of hydrogen-bond donors (Lipinski definition) is 1. The second-order valence-corrected chi connectivity index (χ2v) is 11.1. The van der Waals surface area contributed by atoms with Gasteiger partial charge in [-0.2, -0.15) is 0 Å². The molecule has 1 N–H and O–H groups in total. The van der Waals surface area contributed by atoms with E-state index >= 15 is 0 Å². The number of aliphatic hydroxyl groups is 1. The van der Waals surface area contributed by atoms with Gasteiger partial charge >= 0.3 is 0 Å². The van der Waals surface area contributed by atoms with E-state index in [9.17, 15) is 14.7 Å². The minimum atomic E-state index is -0.694. The largest absolute Gasteiger partial charge is 0.507 e. The van der Waals surface area contributed by atoms with Gasteiger partial charge in [-0.15, -0.1) is 0 Å². The maximum Gasteiger partial charge on any atom is 0.295 e. The second-order valence-electron chi connectivity index (χ2n) is 11.1. The zero-order valence-corrected chi connectivity index (χ0v) is 24.9. The van der Waals surface area contributed by atoms with Crippen molar-refractivity contribution in [2.75, 3.05) is 46.0 Å². The number of likely N-dealkylation sites (tertiary alicyclic amines) is 1. The van der Waals surface area contributed by atoms with Gasteiger partial charge in [0.15, 0.2) is 0 Å². The summed E-state index contributed by atoms with van der Waals surface area (Å²) < 4.78 is 17.2. The standard InChI is InChI=1S/C33H44N2O6/c1-5-6-7-19-40-27-12-9-25(10-13-27)30-29(31(36)26-11-14-28(24(4)22-26)41-23(2)3)32(37)33(38)35(30)16-8-15-34-17-20-39-21-18-34/h9-14,22-23,30,36H,5-8,15-21H2,1-4H3. The Bertz CT molecular complexity index is 1220. The number of nitrogens with zero attached hydrogens (tertiary/aromatic N) is 2. The lowest BCUT2D eigenvalue weighted by atomic mass is 9.94. The van der Waals surface area contributed by atoms with E-state index in [-0.39, 0.29) is 17.4 Å². The van der Waals surface area contributed by atoms with Crippen molar-refractivity contribution in [3.05, 3.63) is 64.7 Å². The van der Waals surface area contributed by atoms with E-state index in [4.69, 9.17) is 14.2 Å². The number of amides is 1. The highest BCUT2D eigenvalue weighted by Gasteiger charge is 2.45. The number of aryl methyl sites for hydroxylation is 1. The summed E-state index contributed by atoms with van der Waals surface area (Å²) in [5.41, 5.74) is 2.18. The number of rotatable bonds is 13. The predicted molar refractivity (Wildman–Crippen MR) is 159 cm³/mol. The Morgan fingerprint density at radius 2 is 1.76 bits per heavy atom. The van der Waals surface area contributed by atoms with Gasteiger partial charge in [0.1, 0.15) is 17.3 Å². The van der Waals surface area contributed by atoms with Crippen LogP contribution >= 0.6 is 0 Å².